The first-order valence-corrected chi connectivity index (χ1v) is 7.18. The number of aromatic nitrogens is 1. The average molecular weight is 307 g/mol. The SMILES string of the molecule is OB(O)O.c1ccc2c(c1)[nH]c1ccccc12.c1ccccc1. The quantitative estimate of drug-likeness (QED) is 0.377. The third-order valence-corrected chi connectivity index (χ3v) is 3.08. The van der Waals surface area contributed by atoms with Crippen LogP contribution in [0.2, 0.25) is 0 Å². The molecule has 4 rings (SSSR count). The van der Waals surface area contributed by atoms with E-state index in [4.69, 9.17) is 15.1 Å². The number of para-hydroxylation sites is 2. The smallest absolute Gasteiger partial charge is 0.402 e. The van der Waals surface area contributed by atoms with Gasteiger partial charge in [-0.15, -0.1) is 0 Å². The van der Waals surface area contributed by atoms with Gasteiger partial charge in [-0.3, -0.25) is 0 Å². The number of H-pyrrole nitrogens is 1. The molecule has 116 valence electrons. The number of benzene rings is 3. The molecule has 0 radical (unpaired) electrons. The maximum Gasteiger partial charge on any atom is 0.631 e. The number of fused-ring (bicyclic) bond motifs is 3. The summed E-state index contributed by atoms with van der Waals surface area (Å²) in [5, 5.41) is 24.1. The highest BCUT2D eigenvalue weighted by atomic mass is 16.5. The van der Waals surface area contributed by atoms with Gasteiger partial charge in [0, 0.05) is 21.8 Å². The third-order valence-electron chi connectivity index (χ3n) is 3.08. The Morgan fingerprint density at radius 1 is 0.522 bits per heavy atom. The van der Waals surface area contributed by atoms with Crippen LogP contribution in [0.25, 0.3) is 21.8 Å². The van der Waals surface area contributed by atoms with E-state index < -0.39 is 7.32 Å². The second-order valence-electron chi connectivity index (χ2n) is 4.72. The lowest BCUT2D eigenvalue weighted by atomic mass is 10.2. The second kappa shape index (κ2) is 8.75. The summed E-state index contributed by atoms with van der Waals surface area (Å²) in [5.41, 5.74) is 2.42. The van der Waals surface area contributed by atoms with Gasteiger partial charge in [0.2, 0.25) is 0 Å². The average Bonchev–Trinajstić information content (AvgIpc) is 2.95. The van der Waals surface area contributed by atoms with E-state index in [2.05, 4.69) is 53.5 Å². The zero-order chi connectivity index (χ0) is 16.5. The molecular formula is C18H18BNO3. The zero-order valence-electron chi connectivity index (χ0n) is 12.5. The van der Waals surface area contributed by atoms with Crippen LogP contribution < -0.4 is 0 Å². The Balaban J connectivity index is 0.000000161. The molecule has 1 aromatic heterocycles. The summed E-state index contributed by atoms with van der Waals surface area (Å²) in [5.74, 6) is 0. The molecule has 0 bridgehead atoms. The maximum atomic E-state index is 7.17. The highest BCUT2D eigenvalue weighted by molar-refractivity contribution is 6.30. The number of hydrogen-bond acceptors (Lipinski definition) is 3. The van der Waals surface area contributed by atoms with Crippen molar-refractivity contribution in [2.45, 2.75) is 0 Å². The summed E-state index contributed by atoms with van der Waals surface area (Å²) < 4.78 is 0. The Bertz CT molecular complexity index is 751. The van der Waals surface area contributed by atoms with Crippen LogP contribution in [0.5, 0.6) is 0 Å². The Morgan fingerprint density at radius 2 is 0.826 bits per heavy atom. The van der Waals surface area contributed by atoms with E-state index in [1.807, 2.05) is 36.4 Å². The molecule has 23 heavy (non-hydrogen) atoms. The number of hydrogen-bond donors (Lipinski definition) is 4. The molecule has 0 aliphatic heterocycles. The van der Waals surface area contributed by atoms with Crippen molar-refractivity contribution >= 4 is 29.1 Å². The molecule has 0 amide bonds. The minimum atomic E-state index is -2.17. The van der Waals surface area contributed by atoms with Crippen LogP contribution >= 0.6 is 0 Å². The first-order valence-electron chi connectivity index (χ1n) is 7.18. The standard InChI is InChI=1S/C12H9N.C6H6.BH3O3/c1-3-7-11-9(5-1)10-6-2-4-8-12(10)13-11;1-2-4-6-5-3-1;2-1(3)4/h1-8,13H;1-6H;2-4H. The molecule has 4 N–H and O–H groups in total. The molecule has 0 aliphatic carbocycles. The molecule has 0 spiro atoms. The van der Waals surface area contributed by atoms with Gasteiger partial charge in [-0.2, -0.15) is 0 Å². The van der Waals surface area contributed by atoms with E-state index in [9.17, 15) is 0 Å². The molecule has 0 saturated carbocycles. The van der Waals surface area contributed by atoms with E-state index in [0.717, 1.165) is 0 Å². The molecule has 3 aromatic carbocycles. The van der Waals surface area contributed by atoms with Crippen LogP contribution in [0, 0.1) is 0 Å². The summed E-state index contributed by atoms with van der Waals surface area (Å²) in [6.07, 6.45) is 0. The van der Waals surface area contributed by atoms with Crippen LogP contribution in [0.15, 0.2) is 84.9 Å². The van der Waals surface area contributed by atoms with Crippen LogP contribution in [0.3, 0.4) is 0 Å². The van der Waals surface area contributed by atoms with Crippen molar-refractivity contribution in [3.63, 3.8) is 0 Å². The normalized spacial score (nSPS) is 9.52. The van der Waals surface area contributed by atoms with Crippen molar-refractivity contribution < 1.29 is 15.1 Å². The van der Waals surface area contributed by atoms with Crippen molar-refractivity contribution in [3.05, 3.63) is 84.9 Å². The Morgan fingerprint density at radius 3 is 1.17 bits per heavy atom. The van der Waals surface area contributed by atoms with Gasteiger partial charge in [0.15, 0.2) is 0 Å². The first kappa shape index (κ1) is 16.8. The van der Waals surface area contributed by atoms with Crippen molar-refractivity contribution in [2.75, 3.05) is 0 Å². The Kier molecular flexibility index (Phi) is 6.38. The molecule has 4 aromatic rings. The lowest BCUT2D eigenvalue weighted by Crippen LogP contribution is -2.07. The molecule has 1 heterocycles. The molecule has 0 aliphatic rings. The summed E-state index contributed by atoms with van der Waals surface area (Å²) in [4.78, 5) is 3.38. The highest BCUT2D eigenvalue weighted by Crippen LogP contribution is 2.24. The second-order valence-corrected chi connectivity index (χ2v) is 4.72. The minimum absolute atomic E-state index is 1.21. The first-order chi connectivity index (χ1) is 11.2. The lowest BCUT2D eigenvalue weighted by molar-refractivity contribution is 0.278. The van der Waals surface area contributed by atoms with Crippen LogP contribution in [-0.4, -0.2) is 27.4 Å². The number of aromatic amines is 1. The molecule has 5 heteroatoms. The van der Waals surface area contributed by atoms with Gasteiger partial charge in [-0.25, -0.2) is 0 Å². The van der Waals surface area contributed by atoms with E-state index in [-0.39, 0.29) is 0 Å². The largest absolute Gasteiger partial charge is 0.631 e. The van der Waals surface area contributed by atoms with Crippen molar-refractivity contribution in [1.82, 2.24) is 4.98 Å². The molecule has 0 saturated heterocycles. The molecular weight excluding hydrogens is 289 g/mol. The van der Waals surface area contributed by atoms with Gasteiger partial charge in [0.05, 0.1) is 0 Å². The topological polar surface area (TPSA) is 76.5 Å². The molecule has 0 unspecified atom stereocenters. The predicted octanol–water partition coefficient (Wildman–Crippen LogP) is 2.96. The van der Waals surface area contributed by atoms with Gasteiger partial charge in [0.25, 0.3) is 0 Å². The van der Waals surface area contributed by atoms with E-state index in [0.29, 0.717) is 0 Å². The third kappa shape index (κ3) is 5.27. The molecule has 4 nitrogen and oxygen atoms in total. The number of rotatable bonds is 0. The zero-order valence-corrected chi connectivity index (χ0v) is 12.5. The fourth-order valence-electron chi connectivity index (χ4n) is 2.18. The van der Waals surface area contributed by atoms with Gasteiger partial charge in [-0.05, 0) is 12.1 Å². The van der Waals surface area contributed by atoms with Crippen LogP contribution in [0.1, 0.15) is 0 Å². The number of nitrogens with one attached hydrogen (secondary N) is 1. The predicted molar refractivity (Wildman–Crippen MR) is 94.7 cm³/mol. The summed E-state index contributed by atoms with van der Waals surface area (Å²) in [6.45, 7) is 0. The van der Waals surface area contributed by atoms with Gasteiger partial charge in [-0.1, -0.05) is 72.8 Å². The molecule has 0 atom stereocenters. The fraction of sp³-hybridized carbons (Fsp3) is 0. The lowest BCUT2D eigenvalue weighted by Gasteiger charge is -1.87. The highest BCUT2D eigenvalue weighted by Gasteiger charge is 2.00. The van der Waals surface area contributed by atoms with Crippen molar-refractivity contribution in [3.8, 4) is 0 Å². The summed E-state index contributed by atoms with van der Waals surface area (Å²) >= 11 is 0. The van der Waals surface area contributed by atoms with Gasteiger partial charge >= 0.3 is 7.32 Å². The summed E-state index contributed by atoms with van der Waals surface area (Å²) in [6, 6.07) is 28.8. The monoisotopic (exact) mass is 307 g/mol. The van der Waals surface area contributed by atoms with E-state index in [1.165, 1.54) is 21.8 Å². The van der Waals surface area contributed by atoms with Gasteiger partial charge in [0.1, 0.15) is 0 Å². The van der Waals surface area contributed by atoms with Gasteiger partial charge < -0.3 is 20.1 Å². The van der Waals surface area contributed by atoms with Crippen LogP contribution in [-0.2, 0) is 0 Å². The Labute approximate surface area is 134 Å². The maximum absolute atomic E-state index is 7.17. The minimum Gasteiger partial charge on any atom is -0.402 e. The van der Waals surface area contributed by atoms with Crippen molar-refractivity contribution in [2.24, 2.45) is 0 Å². The summed E-state index contributed by atoms with van der Waals surface area (Å²) in [7, 11) is -2.17. The van der Waals surface area contributed by atoms with Crippen molar-refractivity contribution in [1.29, 1.82) is 0 Å². The Hall–Kier alpha value is -2.60. The van der Waals surface area contributed by atoms with E-state index >= 15 is 0 Å². The molecule has 0 fully saturated rings. The van der Waals surface area contributed by atoms with Crippen LogP contribution in [0.4, 0.5) is 0 Å². The fourth-order valence-corrected chi connectivity index (χ4v) is 2.18. The van der Waals surface area contributed by atoms with E-state index in [1.54, 1.807) is 0 Å².